The van der Waals surface area contributed by atoms with E-state index < -0.39 is 0 Å². The van der Waals surface area contributed by atoms with Gasteiger partial charge >= 0.3 is 18.9 Å². The quantitative estimate of drug-likeness (QED) is 0.262. The zero-order valence-corrected chi connectivity index (χ0v) is 2.68. The first-order chi connectivity index (χ1) is 1.41. The molecule has 0 aliphatic rings. The molecular formula is H2CoLiNO2. The molecule has 0 unspecified atom stereocenters. The topological polar surface area (TPSA) is 49.7 Å². The van der Waals surface area contributed by atoms with Crippen molar-refractivity contribution in [1.82, 2.24) is 0 Å². The minimum atomic E-state index is 0. The van der Waals surface area contributed by atoms with Crippen LogP contribution in [0.25, 0.3) is 0 Å². The fraction of sp³-hybridized carbons (Fsp3) is 0. The van der Waals surface area contributed by atoms with Crippen molar-refractivity contribution in [2.24, 2.45) is 5.34 Å². The monoisotopic (exact) mass is 114 g/mol. The van der Waals surface area contributed by atoms with Crippen molar-refractivity contribution >= 4 is 18.9 Å². The van der Waals surface area contributed by atoms with Gasteiger partial charge in [0.25, 0.3) is 0 Å². The Morgan fingerprint density at radius 1 is 1.60 bits per heavy atom. The fourth-order valence-electron chi connectivity index (χ4n) is 0. The summed E-state index contributed by atoms with van der Waals surface area (Å²) in [6.45, 7) is 0. The predicted octanol–water partition coefficient (Wildman–Crippen LogP) is -0.509. The molecule has 0 aliphatic carbocycles. The molecule has 0 saturated carbocycles. The van der Waals surface area contributed by atoms with Gasteiger partial charge in [-0.15, -0.1) is 4.91 Å². The molecule has 0 aromatic rings. The Hall–Kier alpha value is 0.504. The van der Waals surface area contributed by atoms with Crippen LogP contribution < -0.4 is 0 Å². The van der Waals surface area contributed by atoms with Crippen molar-refractivity contribution in [3.63, 3.8) is 0 Å². The van der Waals surface area contributed by atoms with Gasteiger partial charge in [0.05, 0.1) is 0 Å². The van der Waals surface area contributed by atoms with Gasteiger partial charge in [0.1, 0.15) is 0 Å². The summed E-state index contributed by atoms with van der Waals surface area (Å²) in [5.74, 6) is 0. The van der Waals surface area contributed by atoms with Crippen LogP contribution in [0.1, 0.15) is 0 Å². The van der Waals surface area contributed by atoms with E-state index in [4.69, 9.17) is 10.1 Å². The normalized spacial score (nSPS) is 2.40. The first-order valence-corrected chi connectivity index (χ1v) is 0.383. The van der Waals surface area contributed by atoms with E-state index >= 15 is 0 Å². The maximum absolute atomic E-state index is 8.11. The molecule has 5 heteroatoms. The average molecular weight is 114 g/mol. The molecule has 0 fully saturated rings. The van der Waals surface area contributed by atoms with Crippen molar-refractivity contribution in [3.8, 4) is 0 Å². The molecule has 0 atom stereocenters. The van der Waals surface area contributed by atoms with Crippen LogP contribution in [-0.4, -0.2) is 24.1 Å². The summed E-state index contributed by atoms with van der Waals surface area (Å²) in [4.78, 5) is 8.11. The third-order valence-corrected chi connectivity index (χ3v) is 0. The first kappa shape index (κ1) is 17.8. The first-order valence-electron chi connectivity index (χ1n) is 0.383. The van der Waals surface area contributed by atoms with E-state index in [9.17, 15) is 0 Å². The number of hydrogen-bond donors (Lipinski definition) is 1. The van der Waals surface area contributed by atoms with Gasteiger partial charge in [-0.2, -0.15) is 0 Å². The van der Waals surface area contributed by atoms with Gasteiger partial charge in [0.15, 0.2) is 5.34 Å². The maximum atomic E-state index is 8.11. The molecular weight excluding hydrogens is 112 g/mol. The Morgan fingerprint density at radius 2 is 1.60 bits per heavy atom. The van der Waals surface area contributed by atoms with E-state index in [1.165, 1.54) is 5.34 Å². The molecule has 0 saturated heterocycles. The van der Waals surface area contributed by atoms with Gasteiger partial charge in [-0.25, -0.2) is 0 Å². The molecule has 5 heavy (non-hydrogen) atoms. The van der Waals surface area contributed by atoms with Crippen molar-refractivity contribution in [1.29, 1.82) is 0 Å². The molecule has 0 bridgehead atoms. The molecule has 29 valence electrons. The predicted molar refractivity (Wildman–Crippen MR) is 14.7 cm³/mol. The van der Waals surface area contributed by atoms with Gasteiger partial charge in [-0.1, -0.05) is 0 Å². The minimum absolute atomic E-state index is 0. The summed E-state index contributed by atoms with van der Waals surface area (Å²) in [6, 6.07) is 0. The second-order valence-corrected chi connectivity index (χ2v) is 0.0816. The molecule has 0 amide bonds. The zero-order chi connectivity index (χ0) is 2.71. The molecule has 1 N–H and O–H groups in total. The summed E-state index contributed by atoms with van der Waals surface area (Å²) in [5, 5.41) is 7.89. The molecule has 1 radical (unpaired) electrons. The van der Waals surface area contributed by atoms with Crippen molar-refractivity contribution in [3.05, 3.63) is 4.91 Å². The van der Waals surface area contributed by atoms with Crippen molar-refractivity contribution in [2.45, 2.75) is 0 Å². The van der Waals surface area contributed by atoms with E-state index in [0.717, 1.165) is 0 Å². The second-order valence-electron chi connectivity index (χ2n) is 0.0816. The average Bonchev–Trinajstić information content (AvgIpc) is 0.918. The van der Waals surface area contributed by atoms with Crippen LogP contribution >= 0.6 is 0 Å². The summed E-state index contributed by atoms with van der Waals surface area (Å²) in [6.07, 6.45) is 0. The third-order valence-electron chi connectivity index (χ3n) is 0. The Labute approximate surface area is 51.4 Å². The molecule has 0 aromatic carbocycles. The van der Waals surface area contributed by atoms with Crippen LogP contribution in [0.4, 0.5) is 0 Å². The Bertz CT molecular complexity index is 17.1. The molecule has 0 spiro atoms. The van der Waals surface area contributed by atoms with E-state index in [2.05, 4.69) is 0 Å². The second kappa shape index (κ2) is 24.4. The standard InChI is InChI=1S/Co.Li.HNO2.H/c;;2-1-3;/h;;(H,2,3);. The van der Waals surface area contributed by atoms with Crippen molar-refractivity contribution < 1.29 is 22.0 Å². The van der Waals surface area contributed by atoms with E-state index in [0.29, 0.717) is 0 Å². The molecule has 3 nitrogen and oxygen atoms in total. The van der Waals surface area contributed by atoms with E-state index in [1.54, 1.807) is 0 Å². The van der Waals surface area contributed by atoms with Gasteiger partial charge in [-0.05, 0) is 0 Å². The number of hydrogen-bond acceptors (Lipinski definition) is 2. The summed E-state index contributed by atoms with van der Waals surface area (Å²) < 4.78 is 0. The van der Waals surface area contributed by atoms with Gasteiger partial charge < -0.3 is 5.21 Å². The number of nitrogens with zero attached hydrogens (tertiary/aromatic N) is 1. The molecule has 0 aliphatic heterocycles. The summed E-state index contributed by atoms with van der Waals surface area (Å²) in [7, 11) is 0. The van der Waals surface area contributed by atoms with Crippen LogP contribution in [0.15, 0.2) is 5.34 Å². The van der Waals surface area contributed by atoms with Crippen LogP contribution in [0.5, 0.6) is 0 Å². The van der Waals surface area contributed by atoms with Crippen LogP contribution in [0.3, 0.4) is 0 Å². The van der Waals surface area contributed by atoms with E-state index in [1.807, 2.05) is 0 Å². The van der Waals surface area contributed by atoms with Crippen LogP contribution in [0.2, 0.25) is 0 Å². The molecule has 0 rings (SSSR count). The van der Waals surface area contributed by atoms with Crippen LogP contribution in [-0.2, 0) is 16.8 Å². The molecule has 0 aromatic heterocycles. The van der Waals surface area contributed by atoms with Crippen LogP contribution in [0, 0.1) is 4.91 Å². The number of rotatable bonds is 0. The fourth-order valence-corrected chi connectivity index (χ4v) is 0. The van der Waals surface area contributed by atoms with Gasteiger partial charge in [0, 0.05) is 16.8 Å². The van der Waals surface area contributed by atoms with Gasteiger partial charge in [-0.3, -0.25) is 0 Å². The van der Waals surface area contributed by atoms with E-state index in [-0.39, 0.29) is 35.6 Å². The summed E-state index contributed by atoms with van der Waals surface area (Å²) in [5.41, 5.74) is 0. The zero-order valence-electron chi connectivity index (χ0n) is 1.64. The van der Waals surface area contributed by atoms with Gasteiger partial charge in [0.2, 0.25) is 0 Å². The third kappa shape index (κ3) is 111. The Morgan fingerprint density at radius 3 is 1.60 bits per heavy atom. The van der Waals surface area contributed by atoms with Crippen molar-refractivity contribution in [2.75, 3.05) is 0 Å². The Kier molecular flexibility index (Phi) is 87.1. The summed E-state index contributed by atoms with van der Waals surface area (Å²) >= 11 is 0. The Balaban J connectivity index is -0.0000000200. The SMILES string of the molecule is O=NO.[Co].[LiH]. The molecule has 0 heterocycles.